The van der Waals surface area contributed by atoms with E-state index in [1.807, 2.05) is 30.6 Å². The number of allylic oxidation sites excluding steroid dienone is 2. The quantitative estimate of drug-likeness (QED) is 0.701. The molecule has 22 heavy (non-hydrogen) atoms. The van der Waals surface area contributed by atoms with Gasteiger partial charge >= 0.3 is 0 Å². The van der Waals surface area contributed by atoms with Crippen LogP contribution in [0.5, 0.6) is 0 Å². The Hall–Kier alpha value is -2.52. The molecule has 108 valence electrons. The number of aromatic nitrogens is 4. The average Bonchev–Trinajstić information content (AvgIpc) is 2.88. The lowest BCUT2D eigenvalue weighted by Crippen LogP contribution is -2.05. The number of halogens is 1. The van der Waals surface area contributed by atoms with Crippen LogP contribution in [0.25, 0.3) is 22.6 Å². The summed E-state index contributed by atoms with van der Waals surface area (Å²) in [7, 11) is 0. The number of pyridine rings is 1. The Morgan fingerprint density at radius 3 is 2.68 bits per heavy atom. The molecule has 6 heteroatoms. The Morgan fingerprint density at radius 2 is 2.05 bits per heavy atom. The highest BCUT2D eigenvalue weighted by Crippen LogP contribution is 2.32. The van der Waals surface area contributed by atoms with E-state index in [-0.39, 0.29) is 0 Å². The second kappa shape index (κ2) is 5.70. The molecule has 0 atom stereocenters. The normalized spacial score (nSPS) is 11.6. The lowest BCUT2D eigenvalue weighted by atomic mass is 10.1. The summed E-state index contributed by atoms with van der Waals surface area (Å²) in [4.78, 5) is 13.1. The van der Waals surface area contributed by atoms with E-state index in [9.17, 15) is 5.26 Å². The van der Waals surface area contributed by atoms with Gasteiger partial charge in [0.15, 0.2) is 0 Å². The van der Waals surface area contributed by atoms with E-state index in [2.05, 4.69) is 37.0 Å². The van der Waals surface area contributed by atoms with Crippen molar-refractivity contribution in [3.63, 3.8) is 0 Å². The van der Waals surface area contributed by atoms with Gasteiger partial charge in [-0.15, -0.1) is 0 Å². The monoisotopic (exact) mass is 353 g/mol. The van der Waals surface area contributed by atoms with E-state index in [1.165, 1.54) is 0 Å². The predicted octanol–water partition coefficient (Wildman–Crippen LogP) is 3.87. The van der Waals surface area contributed by atoms with Gasteiger partial charge in [0, 0.05) is 28.4 Å². The molecule has 0 aliphatic rings. The van der Waals surface area contributed by atoms with Gasteiger partial charge in [-0.25, -0.2) is 15.0 Å². The zero-order valence-electron chi connectivity index (χ0n) is 12.1. The largest absolute Gasteiger partial charge is 0.261 e. The van der Waals surface area contributed by atoms with Gasteiger partial charge < -0.3 is 0 Å². The maximum atomic E-state index is 9.64. The third-order valence-corrected chi connectivity index (χ3v) is 3.88. The van der Waals surface area contributed by atoms with Crippen molar-refractivity contribution in [2.45, 2.75) is 13.8 Å². The van der Waals surface area contributed by atoms with E-state index in [0.29, 0.717) is 17.2 Å². The van der Waals surface area contributed by atoms with Crippen molar-refractivity contribution >= 4 is 32.5 Å². The summed E-state index contributed by atoms with van der Waals surface area (Å²) in [6, 6.07) is 5.95. The third-order valence-electron chi connectivity index (χ3n) is 3.45. The number of rotatable bonds is 2. The molecular weight excluding hydrogens is 342 g/mol. The lowest BCUT2D eigenvalue weighted by Gasteiger charge is -2.08. The Morgan fingerprint density at radius 1 is 1.32 bits per heavy atom. The van der Waals surface area contributed by atoms with Crippen molar-refractivity contribution in [3.05, 3.63) is 52.5 Å². The molecule has 0 spiro atoms. The summed E-state index contributed by atoms with van der Waals surface area (Å²) in [5.74, 6) is 0.500. The Bertz CT molecular complexity index is 919. The van der Waals surface area contributed by atoms with Gasteiger partial charge in [-0.05, 0) is 47.5 Å². The van der Waals surface area contributed by atoms with E-state index >= 15 is 0 Å². The van der Waals surface area contributed by atoms with Crippen molar-refractivity contribution in [2.75, 3.05) is 0 Å². The van der Waals surface area contributed by atoms with Crippen molar-refractivity contribution in [2.24, 2.45) is 0 Å². The molecule has 0 aromatic carbocycles. The molecule has 0 aliphatic heterocycles. The first-order chi connectivity index (χ1) is 10.7. The molecule has 0 amide bonds. The minimum absolute atomic E-state index is 0.500. The maximum Gasteiger partial charge on any atom is 0.235 e. The van der Waals surface area contributed by atoms with Crippen molar-refractivity contribution < 1.29 is 0 Å². The fraction of sp³-hybridized carbons (Fsp3) is 0.125. The number of nitrogens with zero attached hydrogens (tertiary/aromatic N) is 5. The SMILES string of the molecule is CC=C(C)c1c(C#N)c2cc(Br)cnc2n1-c1ncccn1. The minimum atomic E-state index is 0.500. The van der Waals surface area contributed by atoms with Gasteiger partial charge in [0.1, 0.15) is 11.7 Å². The van der Waals surface area contributed by atoms with Crippen LogP contribution in [0, 0.1) is 11.3 Å². The van der Waals surface area contributed by atoms with Crippen LogP contribution >= 0.6 is 15.9 Å². The number of nitriles is 1. The molecule has 0 bridgehead atoms. The van der Waals surface area contributed by atoms with Gasteiger partial charge in [0.25, 0.3) is 0 Å². The zero-order valence-corrected chi connectivity index (χ0v) is 13.7. The van der Waals surface area contributed by atoms with Crippen LogP contribution < -0.4 is 0 Å². The fourth-order valence-corrected chi connectivity index (χ4v) is 2.70. The first kappa shape index (κ1) is 14.4. The molecular formula is C16H12BrN5. The van der Waals surface area contributed by atoms with Crippen molar-refractivity contribution in [1.82, 2.24) is 19.5 Å². The van der Waals surface area contributed by atoms with Crippen molar-refractivity contribution in [3.8, 4) is 12.0 Å². The second-order valence-electron chi connectivity index (χ2n) is 4.72. The molecule has 3 heterocycles. The minimum Gasteiger partial charge on any atom is -0.261 e. The molecule has 0 N–H and O–H groups in total. The third kappa shape index (κ3) is 2.20. The number of hydrogen-bond acceptors (Lipinski definition) is 4. The van der Waals surface area contributed by atoms with Crippen LogP contribution in [0.1, 0.15) is 25.1 Å². The Kier molecular flexibility index (Phi) is 3.73. The summed E-state index contributed by atoms with van der Waals surface area (Å²) in [6.07, 6.45) is 7.02. The van der Waals surface area contributed by atoms with Crippen LogP contribution in [-0.2, 0) is 0 Å². The van der Waals surface area contributed by atoms with E-state index in [1.54, 1.807) is 24.7 Å². The van der Waals surface area contributed by atoms with E-state index in [0.717, 1.165) is 21.1 Å². The second-order valence-corrected chi connectivity index (χ2v) is 5.63. The van der Waals surface area contributed by atoms with Crippen LogP contribution in [0.15, 0.2) is 41.3 Å². The van der Waals surface area contributed by atoms with Gasteiger partial charge in [0.05, 0.1) is 11.3 Å². The van der Waals surface area contributed by atoms with Crippen LogP contribution in [0.4, 0.5) is 0 Å². The first-order valence-electron chi connectivity index (χ1n) is 6.68. The summed E-state index contributed by atoms with van der Waals surface area (Å²) < 4.78 is 2.66. The highest BCUT2D eigenvalue weighted by Gasteiger charge is 2.21. The summed E-state index contributed by atoms with van der Waals surface area (Å²) in [5, 5.41) is 10.4. The molecule has 3 rings (SSSR count). The van der Waals surface area contributed by atoms with Crippen LogP contribution in [0.3, 0.4) is 0 Å². The zero-order chi connectivity index (χ0) is 15.7. The maximum absolute atomic E-state index is 9.64. The molecule has 5 nitrogen and oxygen atoms in total. The summed E-state index contributed by atoms with van der Waals surface area (Å²) in [5.41, 5.74) is 2.99. The van der Waals surface area contributed by atoms with Gasteiger partial charge in [0.2, 0.25) is 5.95 Å². The Balaban J connectivity index is 2.51. The molecule has 0 saturated carbocycles. The standard InChI is InChI=1S/C16H12BrN5/c1-3-10(2)14-13(8-18)12-7-11(17)9-21-15(12)22(14)16-19-5-4-6-20-16/h3-7,9H,1-2H3. The molecule has 0 fully saturated rings. The summed E-state index contributed by atoms with van der Waals surface area (Å²) >= 11 is 3.41. The van der Waals surface area contributed by atoms with Gasteiger partial charge in [-0.2, -0.15) is 5.26 Å². The number of hydrogen-bond donors (Lipinski definition) is 0. The van der Waals surface area contributed by atoms with Gasteiger partial charge in [-0.1, -0.05) is 6.08 Å². The topological polar surface area (TPSA) is 67.4 Å². The molecule has 3 aromatic rings. The average molecular weight is 354 g/mol. The molecule has 0 radical (unpaired) electrons. The highest BCUT2D eigenvalue weighted by molar-refractivity contribution is 9.10. The molecule has 0 aliphatic carbocycles. The first-order valence-corrected chi connectivity index (χ1v) is 7.47. The Labute approximate surface area is 136 Å². The fourth-order valence-electron chi connectivity index (χ4n) is 2.36. The van der Waals surface area contributed by atoms with Crippen LogP contribution in [-0.4, -0.2) is 19.5 Å². The highest BCUT2D eigenvalue weighted by atomic mass is 79.9. The number of fused-ring (bicyclic) bond motifs is 1. The van der Waals surface area contributed by atoms with E-state index in [4.69, 9.17) is 0 Å². The molecule has 0 unspecified atom stereocenters. The lowest BCUT2D eigenvalue weighted by molar-refractivity contribution is 0.933. The molecule has 0 saturated heterocycles. The molecule has 3 aromatic heterocycles. The summed E-state index contributed by atoms with van der Waals surface area (Å²) in [6.45, 7) is 3.90. The predicted molar refractivity (Wildman–Crippen MR) is 88.4 cm³/mol. The van der Waals surface area contributed by atoms with Crippen LogP contribution in [0.2, 0.25) is 0 Å². The smallest absolute Gasteiger partial charge is 0.235 e. The van der Waals surface area contributed by atoms with Gasteiger partial charge in [-0.3, -0.25) is 4.57 Å². The van der Waals surface area contributed by atoms with Crippen molar-refractivity contribution in [1.29, 1.82) is 5.26 Å². The van der Waals surface area contributed by atoms with E-state index < -0.39 is 0 Å².